The maximum atomic E-state index is 5.16. The van der Waals surface area contributed by atoms with Crippen LogP contribution < -0.4 is 0 Å². The predicted molar refractivity (Wildman–Crippen MR) is 78.0 cm³/mol. The quantitative estimate of drug-likeness (QED) is 0.525. The molecular formula is C11H14I2O2. The molecule has 4 heteroatoms. The van der Waals surface area contributed by atoms with E-state index in [1.807, 2.05) is 0 Å². The zero-order valence-electron chi connectivity index (χ0n) is 8.80. The minimum Gasteiger partial charge on any atom is -0.356 e. The van der Waals surface area contributed by atoms with Crippen molar-refractivity contribution in [3.63, 3.8) is 0 Å². The van der Waals surface area contributed by atoms with Gasteiger partial charge in [-0.25, -0.2) is 0 Å². The average molecular weight is 432 g/mol. The molecule has 0 amide bonds. The summed E-state index contributed by atoms with van der Waals surface area (Å²) in [4.78, 5) is 0. The molecule has 0 bridgehead atoms. The number of aryl methyl sites for hydroxylation is 1. The Balaban J connectivity index is 2.57. The number of hydrogen-bond acceptors (Lipinski definition) is 2. The lowest BCUT2D eigenvalue weighted by Gasteiger charge is -2.13. The highest BCUT2D eigenvalue weighted by Crippen LogP contribution is 2.16. The standard InChI is InChI=1S/C11H14I2O2/c1-14-11(15-2)4-3-8-5-9(12)7-10(13)6-8/h5-7,11H,3-4H2,1-2H3. The first-order valence-corrected chi connectivity index (χ1v) is 6.82. The Morgan fingerprint density at radius 3 is 2.07 bits per heavy atom. The van der Waals surface area contributed by atoms with Gasteiger partial charge in [0.05, 0.1) is 0 Å². The molecule has 0 N–H and O–H groups in total. The second-order valence-electron chi connectivity index (χ2n) is 3.22. The van der Waals surface area contributed by atoms with Crippen molar-refractivity contribution >= 4 is 45.2 Å². The van der Waals surface area contributed by atoms with Crippen molar-refractivity contribution in [1.82, 2.24) is 0 Å². The van der Waals surface area contributed by atoms with Crippen molar-refractivity contribution in [1.29, 1.82) is 0 Å². The minimum absolute atomic E-state index is 0.0967. The molecule has 0 aliphatic heterocycles. The molecule has 84 valence electrons. The van der Waals surface area contributed by atoms with Gasteiger partial charge in [-0.3, -0.25) is 0 Å². The molecule has 15 heavy (non-hydrogen) atoms. The Hall–Kier alpha value is 0.600. The normalized spacial score (nSPS) is 11.0. The Labute approximate surface area is 118 Å². The molecule has 0 saturated carbocycles. The molecular weight excluding hydrogens is 418 g/mol. The minimum atomic E-state index is -0.0967. The molecule has 0 radical (unpaired) electrons. The van der Waals surface area contributed by atoms with Gasteiger partial charge in [0.15, 0.2) is 6.29 Å². The average Bonchev–Trinajstić information content (AvgIpc) is 2.18. The van der Waals surface area contributed by atoms with Crippen molar-refractivity contribution in [3.8, 4) is 0 Å². The highest BCUT2D eigenvalue weighted by molar-refractivity contribution is 14.1. The van der Waals surface area contributed by atoms with E-state index in [1.54, 1.807) is 14.2 Å². The Morgan fingerprint density at radius 2 is 1.60 bits per heavy atom. The zero-order chi connectivity index (χ0) is 11.3. The van der Waals surface area contributed by atoms with Crippen molar-refractivity contribution < 1.29 is 9.47 Å². The van der Waals surface area contributed by atoms with Gasteiger partial charge in [0.25, 0.3) is 0 Å². The van der Waals surface area contributed by atoms with Gasteiger partial charge < -0.3 is 9.47 Å². The van der Waals surface area contributed by atoms with Crippen LogP contribution in [0.4, 0.5) is 0 Å². The second kappa shape index (κ2) is 7.03. The van der Waals surface area contributed by atoms with Crippen molar-refractivity contribution in [2.24, 2.45) is 0 Å². The van der Waals surface area contributed by atoms with Crippen LogP contribution in [0.2, 0.25) is 0 Å². The van der Waals surface area contributed by atoms with Crippen LogP contribution in [-0.4, -0.2) is 20.5 Å². The lowest BCUT2D eigenvalue weighted by atomic mass is 10.1. The summed E-state index contributed by atoms with van der Waals surface area (Å²) in [7, 11) is 3.35. The van der Waals surface area contributed by atoms with Gasteiger partial charge in [0.1, 0.15) is 0 Å². The van der Waals surface area contributed by atoms with Gasteiger partial charge in [-0.15, -0.1) is 0 Å². The fourth-order valence-electron chi connectivity index (χ4n) is 1.37. The molecule has 0 heterocycles. The van der Waals surface area contributed by atoms with Crippen LogP contribution in [0.25, 0.3) is 0 Å². The second-order valence-corrected chi connectivity index (χ2v) is 5.71. The van der Waals surface area contributed by atoms with E-state index in [1.165, 1.54) is 12.7 Å². The van der Waals surface area contributed by atoms with Gasteiger partial charge in [-0.2, -0.15) is 0 Å². The van der Waals surface area contributed by atoms with E-state index < -0.39 is 0 Å². The van der Waals surface area contributed by atoms with Crippen LogP contribution in [-0.2, 0) is 15.9 Å². The van der Waals surface area contributed by atoms with Gasteiger partial charge in [-0.05, 0) is 75.4 Å². The maximum absolute atomic E-state index is 5.16. The SMILES string of the molecule is COC(CCc1cc(I)cc(I)c1)OC. The highest BCUT2D eigenvalue weighted by Gasteiger charge is 2.06. The summed E-state index contributed by atoms with van der Waals surface area (Å²) in [6, 6.07) is 6.56. The van der Waals surface area contributed by atoms with E-state index in [2.05, 4.69) is 63.4 Å². The molecule has 0 aliphatic rings. The smallest absolute Gasteiger partial charge is 0.157 e. The molecule has 0 aromatic heterocycles. The lowest BCUT2D eigenvalue weighted by molar-refractivity contribution is -0.105. The summed E-state index contributed by atoms with van der Waals surface area (Å²) < 4.78 is 12.9. The summed E-state index contributed by atoms with van der Waals surface area (Å²) in [5, 5.41) is 0. The molecule has 0 unspecified atom stereocenters. The largest absolute Gasteiger partial charge is 0.356 e. The van der Waals surface area contributed by atoms with Crippen molar-refractivity contribution in [2.45, 2.75) is 19.1 Å². The lowest BCUT2D eigenvalue weighted by Crippen LogP contribution is -2.13. The van der Waals surface area contributed by atoms with E-state index in [0.29, 0.717) is 0 Å². The summed E-state index contributed by atoms with van der Waals surface area (Å²) >= 11 is 4.68. The van der Waals surface area contributed by atoms with Crippen LogP contribution in [0, 0.1) is 7.14 Å². The zero-order valence-corrected chi connectivity index (χ0v) is 13.1. The van der Waals surface area contributed by atoms with Gasteiger partial charge in [0.2, 0.25) is 0 Å². The summed E-state index contributed by atoms with van der Waals surface area (Å²) in [6.07, 6.45) is 1.78. The van der Waals surface area contributed by atoms with Crippen LogP contribution in [0.5, 0.6) is 0 Å². The number of ether oxygens (including phenoxy) is 2. The van der Waals surface area contributed by atoms with E-state index in [9.17, 15) is 0 Å². The molecule has 0 atom stereocenters. The summed E-state index contributed by atoms with van der Waals surface area (Å²) in [5.74, 6) is 0. The number of halogens is 2. The molecule has 0 spiro atoms. The van der Waals surface area contributed by atoms with Crippen molar-refractivity contribution in [2.75, 3.05) is 14.2 Å². The van der Waals surface area contributed by atoms with Gasteiger partial charge >= 0.3 is 0 Å². The van der Waals surface area contributed by atoms with Crippen LogP contribution >= 0.6 is 45.2 Å². The monoisotopic (exact) mass is 432 g/mol. The van der Waals surface area contributed by atoms with Gasteiger partial charge in [0, 0.05) is 27.8 Å². The molecule has 1 rings (SSSR count). The molecule has 0 aliphatic carbocycles. The van der Waals surface area contributed by atoms with E-state index in [0.717, 1.165) is 12.8 Å². The number of hydrogen-bond donors (Lipinski definition) is 0. The Bertz CT molecular complexity index is 291. The number of methoxy groups -OCH3 is 2. The fourth-order valence-corrected chi connectivity index (χ4v) is 3.44. The molecule has 0 saturated heterocycles. The maximum Gasteiger partial charge on any atom is 0.157 e. The third-order valence-electron chi connectivity index (χ3n) is 2.12. The van der Waals surface area contributed by atoms with Crippen LogP contribution in [0.1, 0.15) is 12.0 Å². The fraction of sp³-hybridized carbons (Fsp3) is 0.455. The Morgan fingerprint density at radius 1 is 1.07 bits per heavy atom. The number of benzene rings is 1. The highest BCUT2D eigenvalue weighted by atomic mass is 127. The predicted octanol–water partition coefficient (Wildman–Crippen LogP) is 3.45. The molecule has 2 nitrogen and oxygen atoms in total. The van der Waals surface area contributed by atoms with E-state index in [4.69, 9.17) is 9.47 Å². The third kappa shape index (κ3) is 4.97. The number of rotatable bonds is 5. The molecule has 0 fully saturated rings. The third-order valence-corrected chi connectivity index (χ3v) is 3.36. The van der Waals surface area contributed by atoms with E-state index >= 15 is 0 Å². The first-order valence-electron chi connectivity index (χ1n) is 4.66. The first kappa shape index (κ1) is 13.7. The van der Waals surface area contributed by atoms with Crippen LogP contribution in [0.15, 0.2) is 18.2 Å². The van der Waals surface area contributed by atoms with Crippen molar-refractivity contribution in [3.05, 3.63) is 30.9 Å². The molecule has 1 aromatic rings. The van der Waals surface area contributed by atoms with Gasteiger partial charge in [-0.1, -0.05) is 0 Å². The summed E-state index contributed by atoms with van der Waals surface area (Å²) in [6.45, 7) is 0. The van der Waals surface area contributed by atoms with Crippen LogP contribution in [0.3, 0.4) is 0 Å². The molecule has 1 aromatic carbocycles. The topological polar surface area (TPSA) is 18.5 Å². The first-order chi connectivity index (χ1) is 7.15. The van der Waals surface area contributed by atoms with E-state index in [-0.39, 0.29) is 6.29 Å². The Kier molecular flexibility index (Phi) is 6.40. The summed E-state index contributed by atoms with van der Waals surface area (Å²) in [5.41, 5.74) is 1.34.